The van der Waals surface area contributed by atoms with Crippen LogP contribution in [-0.2, 0) is 0 Å². The normalized spacial score (nSPS) is 10.6. The number of halogens is 3. The van der Waals surface area contributed by atoms with Crippen LogP contribution in [0.4, 0.5) is 4.39 Å². The largest absolute Gasteiger partial charge is 0.265 e. The van der Waals surface area contributed by atoms with Gasteiger partial charge in [0.1, 0.15) is 11.0 Å². The molecule has 3 aromatic rings. The van der Waals surface area contributed by atoms with E-state index in [1.165, 1.54) is 12.1 Å². The molecule has 0 atom stereocenters. The van der Waals surface area contributed by atoms with Crippen molar-refractivity contribution in [3.05, 3.63) is 65.0 Å². The first kappa shape index (κ1) is 13.9. The van der Waals surface area contributed by atoms with Gasteiger partial charge in [0.2, 0.25) is 5.28 Å². The van der Waals surface area contributed by atoms with Gasteiger partial charge in [-0.2, -0.15) is 0 Å². The molecular weight excluding hydrogens is 312 g/mol. The maximum Gasteiger partial charge on any atom is 0.224 e. The smallest absolute Gasteiger partial charge is 0.224 e. The molecule has 0 fully saturated rings. The van der Waals surface area contributed by atoms with Gasteiger partial charge in [-0.15, -0.1) is 0 Å². The third-order valence-electron chi connectivity index (χ3n) is 2.92. The molecule has 0 amide bonds. The minimum Gasteiger partial charge on any atom is -0.265 e. The molecule has 0 saturated heterocycles. The van der Waals surface area contributed by atoms with Crippen LogP contribution in [0.2, 0.25) is 10.4 Å². The zero-order valence-corrected chi connectivity index (χ0v) is 12.1. The lowest BCUT2D eigenvalue weighted by Gasteiger charge is -2.11. The summed E-state index contributed by atoms with van der Waals surface area (Å²) in [5.41, 5.74) is 2.70. The molecule has 1 aromatic carbocycles. The summed E-state index contributed by atoms with van der Waals surface area (Å²) >= 11 is 12.1. The molecule has 0 aliphatic rings. The molecule has 0 N–H and O–H groups in total. The van der Waals surface area contributed by atoms with E-state index in [9.17, 15) is 4.39 Å². The lowest BCUT2D eigenvalue weighted by molar-refractivity contribution is 0.628. The molecule has 0 aliphatic carbocycles. The van der Waals surface area contributed by atoms with Crippen LogP contribution in [-0.4, -0.2) is 15.0 Å². The SMILES string of the molecule is Fc1ccc(-c2c(Cl)nc(Cl)nc2-c2ccncc2)cc1. The predicted molar refractivity (Wildman–Crippen MR) is 80.7 cm³/mol. The fourth-order valence-electron chi connectivity index (χ4n) is 2.00. The second kappa shape index (κ2) is 5.76. The predicted octanol–water partition coefficient (Wildman–Crippen LogP) is 4.65. The topological polar surface area (TPSA) is 38.7 Å². The Morgan fingerprint density at radius 3 is 2.14 bits per heavy atom. The molecule has 0 unspecified atom stereocenters. The van der Waals surface area contributed by atoms with Crippen LogP contribution < -0.4 is 0 Å². The molecule has 104 valence electrons. The highest BCUT2D eigenvalue weighted by Gasteiger charge is 2.16. The number of nitrogens with zero attached hydrogens (tertiary/aromatic N) is 3. The van der Waals surface area contributed by atoms with E-state index in [2.05, 4.69) is 15.0 Å². The van der Waals surface area contributed by atoms with Crippen LogP contribution >= 0.6 is 23.2 Å². The number of hydrogen-bond donors (Lipinski definition) is 0. The second-order valence-corrected chi connectivity index (χ2v) is 4.95. The van der Waals surface area contributed by atoms with E-state index in [0.717, 1.165) is 5.56 Å². The molecule has 0 saturated carbocycles. The summed E-state index contributed by atoms with van der Waals surface area (Å²) in [7, 11) is 0. The highest BCUT2D eigenvalue weighted by molar-refractivity contribution is 6.34. The molecule has 21 heavy (non-hydrogen) atoms. The molecule has 0 radical (unpaired) electrons. The van der Waals surface area contributed by atoms with Crippen molar-refractivity contribution in [1.82, 2.24) is 15.0 Å². The van der Waals surface area contributed by atoms with E-state index in [1.54, 1.807) is 36.7 Å². The van der Waals surface area contributed by atoms with Crippen molar-refractivity contribution in [3.63, 3.8) is 0 Å². The van der Waals surface area contributed by atoms with Gasteiger partial charge in [0, 0.05) is 23.5 Å². The van der Waals surface area contributed by atoms with Gasteiger partial charge in [-0.25, -0.2) is 14.4 Å². The number of rotatable bonds is 2. The number of hydrogen-bond acceptors (Lipinski definition) is 3. The van der Waals surface area contributed by atoms with E-state index in [0.29, 0.717) is 16.8 Å². The quantitative estimate of drug-likeness (QED) is 0.509. The van der Waals surface area contributed by atoms with Crippen LogP contribution in [0.3, 0.4) is 0 Å². The van der Waals surface area contributed by atoms with Crippen LogP contribution in [0, 0.1) is 5.82 Å². The van der Waals surface area contributed by atoms with Gasteiger partial charge >= 0.3 is 0 Å². The summed E-state index contributed by atoms with van der Waals surface area (Å²) in [6.45, 7) is 0. The second-order valence-electron chi connectivity index (χ2n) is 4.25. The Bertz CT molecular complexity index is 777. The van der Waals surface area contributed by atoms with Crippen molar-refractivity contribution in [3.8, 4) is 22.4 Å². The van der Waals surface area contributed by atoms with Gasteiger partial charge in [-0.05, 0) is 41.4 Å². The van der Waals surface area contributed by atoms with Crippen molar-refractivity contribution in [2.75, 3.05) is 0 Å². The summed E-state index contributed by atoms with van der Waals surface area (Å²) in [5, 5.41) is 0.270. The van der Waals surface area contributed by atoms with Crippen LogP contribution in [0.25, 0.3) is 22.4 Å². The third-order valence-corrected chi connectivity index (χ3v) is 3.37. The van der Waals surface area contributed by atoms with Crippen LogP contribution in [0.5, 0.6) is 0 Å². The Labute approximate surface area is 130 Å². The maximum absolute atomic E-state index is 13.1. The van der Waals surface area contributed by atoms with Crippen molar-refractivity contribution in [2.24, 2.45) is 0 Å². The first-order valence-electron chi connectivity index (χ1n) is 6.04. The summed E-state index contributed by atoms with van der Waals surface area (Å²) in [5.74, 6) is -0.324. The number of pyridine rings is 1. The Morgan fingerprint density at radius 2 is 1.48 bits per heavy atom. The standard InChI is InChI=1S/C15H8Cl2FN3/c16-14-12(9-1-3-11(18)4-2-9)13(20-15(17)21-14)10-5-7-19-8-6-10/h1-8H. The fourth-order valence-corrected chi connectivity index (χ4v) is 2.49. The van der Waals surface area contributed by atoms with Gasteiger partial charge in [0.25, 0.3) is 0 Å². The Kier molecular flexibility index (Phi) is 3.82. The molecule has 2 aromatic heterocycles. The highest BCUT2D eigenvalue weighted by atomic mass is 35.5. The first-order chi connectivity index (χ1) is 10.1. The molecule has 6 heteroatoms. The number of benzene rings is 1. The monoisotopic (exact) mass is 319 g/mol. The average Bonchev–Trinajstić information content (AvgIpc) is 2.49. The summed E-state index contributed by atoms with van der Waals surface area (Å²) in [6, 6.07) is 9.55. The van der Waals surface area contributed by atoms with E-state index in [-0.39, 0.29) is 16.3 Å². The third kappa shape index (κ3) is 2.86. The molecule has 2 heterocycles. The van der Waals surface area contributed by atoms with Gasteiger partial charge in [0.05, 0.1) is 5.69 Å². The maximum atomic E-state index is 13.1. The van der Waals surface area contributed by atoms with Crippen molar-refractivity contribution in [2.45, 2.75) is 0 Å². The first-order valence-corrected chi connectivity index (χ1v) is 6.80. The van der Waals surface area contributed by atoms with Crippen LogP contribution in [0.1, 0.15) is 0 Å². The summed E-state index contributed by atoms with van der Waals surface area (Å²) in [6.07, 6.45) is 3.29. The molecular formula is C15H8Cl2FN3. The lowest BCUT2D eigenvalue weighted by Crippen LogP contribution is -1.95. The fraction of sp³-hybridized carbons (Fsp3) is 0. The zero-order chi connectivity index (χ0) is 14.8. The van der Waals surface area contributed by atoms with Crippen molar-refractivity contribution < 1.29 is 4.39 Å². The average molecular weight is 320 g/mol. The van der Waals surface area contributed by atoms with Gasteiger partial charge in [0.15, 0.2) is 0 Å². The van der Waals surface area contributed by atoms with Gasteiger partial charge in [-0.1, -0.05) is 23.7 Å². The Balaban J connectivity index is 2.26. The summed E-state index contributed by atoms with van der Waals surface area (Å²) in [4.78, 5) is 12.2. The van der Waals surface area contributed by atoms with Crippen LogP contribution in [0.15, 0.2) is 48.8 Å². The molecule has 3 rings (SSSR count). The Hall–Kier alpha value is -2.04. The molecule has 3 nitrogen and oxygen atoms in total. The van der Waals surface area contributed by atoms with Gasteiger partial charge < -0.3 is 0 Å². The molecule has 0 bridgehead atoms. The molecule has 0 aliphatic heterocycles. The highest BCUT2D eigenvalue weighted by Crippen LogP contribution is 2.35. The van der Waals surface area contributed by atoms with Crippen molar-refractivity contribution in [1.29, 1.82) is 0 Å². The number of aromatic nitrogens is 3. The minimum absolute atomic E-state index is 0.0534. The zero-order valence-electron chi connectivity index (χ0n) is 10.6. The van der Waals surface area contributed by atoms with E-state index >= 15 is 0 Å². The summed E-state index contributed by atoms with van der Waals surface area (Å²) < 4.78 is 13.1. The van der Waals surface area contributed by atoms with Gasteiger partial charge in [-0.3, -0.25) is 4.98 Å². The minimum atomic E-state index is -0.324. The Morgan fingerprint density at radius 1 is 0.810 bits per heavy atom. The lowest BCUT2D eigenvalue weighted by atomic mass is 10.0. The van der Waals surface area contributed by atoms with E-state index in [4.69, 9.17) is 23.2 Å². The molecule has 0 spiro atoms. The van der Waals surface area contributed by atoms with E-state index in [1.807, 2.05) is 0 Å². The van der Waals surface area contributed by atoms with Crippen molar-refractivity contribution >= 4 is 23.2 Å². The van der Waals surface area contributed by atoms with E-state index < -0.39 is 0 Å².